The van der Waals surface area contributed by atoms with Crippen molar-refractivity contribution in [2.24, 2.45) is 11.3 Å². The molecule has 0 aliphatic rings. The Morgan fingerprint density at radius 3 is 2.10 bits per heavy atom. The zero-order valence-electron chi connectivity index (χ0n) is 15.1. The normalized spacial score (nSPS) is 16.1. The van der Waals surface area contributed by atoms with Gasteiger partial charge in [-0.3, -0.25) is 0 Å². The highest BCUT2D eigenvalue weighted by Crippen LogP contribution is 2.38. The summed E-state index contributed by atoms with van der Waals surface area (Å²) in [6, 6.07) is 0. The molecule has 1 nitrogen and oxygen atoms in total. The van der Waals surface area contributed by atoms with Crippen molar-refractivity contribution in [3.8, 4) is 0 Å². The molecule has 0 rings (SSSR count). The Morgan fingerprint density at radius 2 is 1.60 bits per heavy atom. The van der Waals surface area contributed by atoms with Gasteiger partial charge in [-0.15, -0.1) is 0 Å². The predicted octanol–water partition coefficient (Wildman–Crippen LogP) is 6.18. The van der Waals surface area contributed by atoms with E-state index in [1.807, 2.05) is 0 Å². The van der Waals surface area contributed by atoms with Crippen molar-refractivity contribution in [1.29, 1.82) is 0 Å². The van der Waals surface area contributed by atoms with E-state index in [0.29, 0.717) is 5.41 Å². The molecule has 0 aromatic rings. The van der Waals surface area contributed by atoms with Crippen LogP contribution in [0.1, 0.15) is 98.8 Å². The SMILES string of the molecule is CCCCC(CC)CC(CC)(CCCC)CNCCC. The Kier molecular flexibility index (Phi) is 12.7. The van der Waals surface area contributed by atoms with Crippen LogP contribution in [-0.4, -0.2) is 13.1 Å². The van der Waals surface area contributed by atoms with Crippen molar-refractivity contribution in [2.45, 2.75) is 98.8 Å². The van der Waals surface area contributed by atoms with E-state index in [2.05, 4.69) is 39.9 Å². The molecule has 1 heteroatoms. The van der Waals surface area contributed by atoms with Crippen LogP contribution in [0, 0.1) is 11.3 Å². The summed E-state index contributed by atoms with van der Waals surface area (Å²) < 4.78 is 0. The summed E-state index contributed by atoms with van der Waals surface area (Å²) in [6.45, 7) is 14.1. The second kappa shape index (κ2) is 12.7. The van der Waals surface area contributed by atoms with Crippen LogP contribution in [0.3, 0.4) is 0 Å². The van der Waals surface area contributed by atoms with E-state index in [9.17, 15) is 0 Å². The summed E-state index contributed by atoms with van der Waals surface area (Å²) in [6.07, 6.45) is 13.7. The third-order valence-corrected chi connectivity index (χ3v) is 5.00. The number of hydrogen-bond donors (Lipinski definition) is 1. The maximum absolute atomic E-state index is 3.72. The second-order valence-corrected chi connectivity index (χ2v) is 6.75. The Balaban J connectivity index is 4.58. The first-order chi connectivity index (χ1) is 9.67. The maximum atomic E-state index is 3.72. The number of unbranched alkanes of at least 4 members (excludes halogenated alkanes) is 2. The van der Waals surface area contributed by atoms with Crippen molar-refractivity contribution in [1.82, 2.24) is 5.32 Å². The van der Waals surface area contributed by atoms with Crippen molar-refractivity contribution in [2.75, 3.05) is 13.1 Å². The van der Waals surface area contributed by atoms with Gasteiger partial charge in [0.25, 0.3) is 0 Å². The zero-order chi connectivity index (χ0) is 15.3. The maximum Gasteiger partial charge on any atom is 0.000780 e. The molecule has 0 heterocycles. The Bertz CT molecular complexity index is 202. The highest BCUT2D eigenvalue weighted by molar-refractivity contribution is 4.83. The quantitative estimate of drug-likeness (QED) is 0.375. The Morgan fingerprint density at radius 1 is 0.900 bits per heavy atom. The van der Waals surface area contributed by atoms with Crippen LogP contribution in [0.4, 0.5) is 0 Å². The molecular weight excluding hydrogens is 242 g/mol. The minimum atomic E-state index is 0.555. The van der Waals surface area contributed by atoms with E-state index >= 15 is 0 Å². The summed E-state index contributed by atoms with van der Waals surface area (Å²) in [5.74, 6) is 0.940. The average Bonchev–Trinajstić information content (AvgIpc) is 2.48. The second-order valence-electron chi connectivity index (χ2n) is 6.75. The predicted molar refractivity (Wildman–Crippen MR) is 93.3 cm³/mol. The third kappa shape index (κ3) is 8.29. The van der Waals surface area contributed by atoms with E-state index in [1.165, 1.54) is 77.3 Å². The van der Waals surface area contributed by atoms with Crippen LogP contribution in [0.15, 0.2) is 0 Å². The highest BCUT2D eigenvalue weighted by atomic mass is 14.9. The summed E-state index contributed by atoms with van der Waals surface area (Å²) in [4.78, 5) is 0. The molecule has 122 valence electrons. The zero-order valence-corrected chi connectivity index (χ0v) is 15.1. The molecule has 0 radical (unpaired) electrons. The molecule has 0 amide bonds. The fourth-order valence-corrected chi connectivity index (χ4v) is 3.35. The molecule has 0 saturated carbocycles. The van der Waals surface area contributed by atoms with E-state index in [4.69, 9.17) is 0 Å². The van der Waals surface area contributed by atoms with Gasteiger partial charge in [0.05, 0.1) is 0 Å². The topological polar surface area (TPSA) is 12.0 Å². The lowest BCUT2D eigenvalue weighted by Gasteiger charge is -2.37. The van der Waals surface area contributed by atoms with Crippen LogP contribution in [-0.2, 0) is 0 Å². The lowest BCUT2D eigenvalue weighted by molar-refractivity contribution is 0.166. The minimum Gasteiger partial charge on any atom is -0.316 e. The molecule has 0 aromatic carbocycles. The summed E-state index contributed by atoms with van der Waals surface area (Å²) in [5.41, 5.74) is 0.555. The molecule has 2 atom stereocenters. The van der Waals surface area contributed by atoms with E-state index < -0.39 is 0 Å². The van der Waals surface area contributed by atoms with Crippen LogP contribution < -0.4 is 5.32 Å². The van der Waals surface area contributed by atoms with Gasteiger partial charge >= 0.3 is 0 Å². The molecule has 0 saturated heterocycles. The lowest BCUT2D eigenvalue weighted by Crippen LogP contribution is -2.36. The monoisotopic (exact) mass is 283 g/mol. The van der Waals surface area contributed by atoms with Gasteiger partial charge in [-0.2, -0.15) is 0 Å². The standard InChI is InChI=1S/C19H41N/c1-6-11-13-18(9-4)16-19(10-5,14-12-7-2)17-20-15-8-3/h18,20H,6-17H2,1-5H3. The van der Waals surface area contributed by atoms with E-state index in [-0.39, 0.29) is 0 Å². The molecule has 0 bridgehead atoms. The van der Waals surface area contributed by atoms with Gasteiger partial charge in [-0.05, 0) is 43.6 Å². The smallest absolute Gasteiger partial charge is 0.000780 e. The van der Waals surface area contributed by atoms with Crippen LogP contribution in [0.2, 0.25) is 0 Å². The number of nitrogens with one attached hydrogen (secondary N) is 1. The molecule has 0 aliphatic heterocycles. The largest absolute Gasteiger partial charge is 0.316 e. The van der Waals surface area contributed by atoms with Crippen LogP contribution in [0.5, 0.6) is 0 Å². The molecule has 2 unspecified atom stereocenters. The average molecular weight is 284 g/mol. The highest BCUT2D eigenvalue weighted by Gasteiger charge is 2.29. The molecular formula is C19H41N. The molecule has 20 heavy (non-hydrogen) atoms. The first-order valence-corrected chi connectivity index (χ1v) is 9.38. The van der Waals surface area contributed by atoms with E-state index in [1.54, 1.807) is 0 Å². The number of hydrogen-bond acceptors (Lipinski definition) is 1. The van der Waals surface area contributed by atoms with Gasteiger partial charge in [0.2, 0.25) is 0 Å². The fraction of sp³-hybridized carbons (Fsp3) is 1.00. The first kappa shape index (κ1) is 20.0. The molecule has 1 N–H and O–H groups in total. The Labute approximate surface area is 129 Å². The van der Waals surface area contributed by atoms with Crippen LogP contribution >= 0.6 is 0 Å². The van der Waals surface area contributed by atoms with Gasteiger partial charge in [-0.25, -0.2) is 0 Å². The molecule has 0 fully saturated rings. The van der Waals surface area contributed by atoms with Crippen molar-refractivity contribution >= 4 is 0 Å². The minimum absolute atomic E-state index is 0.555. The summed E-state index contributed by atoms with van der Waals surface area (Å²) >= 11 is 0. The third-order valence-electron chi connectivity index (χ3n) is 5.00. The van der Waals surface area contributed by atoms with Gasteiger partial charge in [0, 0.05) is 6.54 Å². The first-order valence-electron chi connectivity index (χ1n) is 9.38. The van der Waals surface area contributed by atoms with Crippen molar-refractivity contribution in [3.05, 3.63) is 0 Å². The van der Waals surface area contributed by atoms with Gasteiger partial charge in [-0.1, -0.05) is 73.1 Å². The molecule has 0 aliphatic carbocycles. The van der Waals surface area contributed by atoms with Crippen molar-refractivity contribution in [3.63, 3.8) is 0 Å². The van der Waals surface area contributed by atoms with Gasteiger partial charge < -0.3 is 5.32 Å². The van der Waals surface area contributed by atoms with E-state index in [0.717, 1.165) is 5.92 Å². The summed E-state index contributed by atoms with van der Waals surface area (Å²) in [5, 5.41) is 3.72. The van der Waals surface area contributed by atoms with Gasteiger partial charge in [0.15, 0.2) is 0 Å². The number of rotatable bonds is 14. The molecule has 0 spiro atoms. The van der Waals surface area contributed by atoms with Gasteiger partial charge in [0.1, 0.15) is 0 Å². The molecule has 0 aromatic heterocycles. The lowest BCUT2D eigenvalue weighted by atomic mass is 9.72. The Hall–Kier alpha value is -0.0400. The fourth-order valence-electron chi connectivity index (χ4n) is 3.35. The van der Waals surface area contributed by atoms with Crippen LogP contribution in [0.25, 0.3) is 0 Å². The summed E-state index contributed by atoms with van der Waals surface area (Å²) in [7, 11) is 0. The van der Waals surface area contributed by atoms with Crippen molar-refractivity contribution < 1.29 is 0 Å².